The summed E-state index contributed by atoms with van der Waals surface area (Å²) < 4.78 is 0. The lowest BCUT2D eigenvalue weighted by atomic mass is 9.49. The lowest BCUT2D eigenvalue weighted by molar-refractivity contribution is -0.133. The van der Waals surface area contributed by atoms with Crippen molar-refractivity contribution in [2.24, 2.45) is 28.9 Å². The van der Waals surface area contributed by atoms with Gasteiger partial charge in [-0.2, -0.15) is 11.8 Å². The van der Waals surface area contributed by atoms with Crippen molar-refractivity contribution in [1.82, 2.24) is 9.88 Å². The van der Waals surface area contributed by atoms with Crippen molar-refractivity contribution in [2.75, 3.05) is 24.6 Å². The molecule has 0 radical (unpaired) electrons. The van der Waals surface area contributed by atoms with Crippen LogP contribution in [0.15, 0.2) is 24.5 Å². The second kappa shape index (κ2) is 14.3. The van der Waals surface area contributed by atoms with Crippen LogP contribution in [0.5, 0.6) is 0 Å². The fourth-order valence-electron chi connectivity index (χ4n) is 7.11. The maximum atomic E-state index is 13.3. The number of aryl methyl sites for hydroxylation is 1. The first-order valence-electron chi connectivity index (χ1n) is 13.1. The summed E-state index contributed by atoms with van der Waals surface area (Å²) in [5.41, 5.74) is 8.24. The molecule has 2 N–H and O–H groups in total. The molecule has 4 aliphatic carbocycles. The molecule has 1 heterocycles. The Morgan fingerprint density at radius 3 is 2.29 bits per heavy atom. The van der Waals surface area contributed by atoms with E-state index >= 15 is 0 Å². The van der Waals surface area contributed by atoms with Crippen LogP contribution in [0.2, 0.25) is 0 Å². The molecule has 194 valence electrons. The van der Waals surface area contributed by atoms with Gasteiger partial charge in [-0.3, -0.25) is 9.78 Å². The highest BCUT2D eigenvalue weighted by molar-refractivity contribution is 7.99. The number of nitrogens with two attached hydrogens (primary N) is 1. The summed E-state index contributed by atoms with van der Waals surface area (Å²) in [5, 5.41) is 0. The fraction of sp³-hybridized carbons (Fsp3) is 0.778. The number of pyridine rings is 1. The number of carbonyl (C=O) groups excluding carboxylic acids is 1. The van der Waals surface area contributed by atoms with Gasteiger partial charge in [0.1, 0.15) is 0 Å². The summed E-state index contributed by atoms with van der Waals surface area (Å²) >= 11 is 1.80. The summed E-state index contributed by atoms with van der Waals surface area (Å²) in [6, 6.07) is 3.74. The average molecular weight is 531 g/mol. The van der Waals surface area contributed by atoms with Crippen molar-refractivity contribution < 1.29 is 4.79 Å². The van der Waals surface area contributed by atoms with Crippen LogP contribution >= 0.6 is 36.6 Å². The number of thioether (sulfide) groups is 1. The van der Waals surface area contributed by atoms with Gasteiger partial charge >= 0.3 is 0 Å². The highest BCUT2D eigenvalue weighted by Crippen LogP contribution is 2.61. The molecule has 7 heteroatoms. The smallest absolute Gasteiger partial charge is 0.240 e. The minimum atomic E-state index is -0.379. The fourth-order valence-corrected chi connectivity index (χ4v) is 8.05. The minimum absolute atomic E-state index is 0. The van der Waals surface area contributed by atoms with Gasteiger partial charge in [0, 0.05) is 31.2 Å². The largest absolute Gasteiger partial charge is 0.341 e. The molecule has 0 aliphatic heterocycles. The number of amides is 1. The normalized spacial score (nSPS) is 27.5. The first-order valence-corrected chi connectivity index (χ1v) is 14.2. The van der Waals surface area contributed by atoms with E-state index in [-0.39, 0.29) is 36.8 Å². The number of aromatic nitrogens is 1. The molecule has 1 aromatic heterocycles. The Hall–Kier alpha value is -0.490. The van der Waals surface area contributed by atoms with Crippen LogP contribution < -0.4 is 5.73 Å². The SMILES string of the molecule is CCCCCN(CCC12CC3CC(CC(C3)C1)C2)C(=O)[C@@H](N)CSCCc1ccncc1.Cl.Cl. The van der Waals surface area contributed by atoms with Crippen molar-refractivity contribution in [2.45, 2.75) is 83.6 Å². The van der Waals surface area contributed by atoms with Crippen molar-refractivity contribution >= 4 is 42.5 Å². The maximum Gasteiger partial charge on any atom is 0.240 e. The van der Waals surface area contributed by atoms with Gasteiger partial charge in [0.2, 0.25) is 5.91 Å². The Morgan fingerprint density at radius 1 is 1.09 bits per heavy atom. The zero-order valence-electron chi connectivity index (χ0n) is 20.8. The van der Waals surface area contributed by atoms with E-state index in [1.165, 1.54) is 63.4 Å². The van der Waals surface area contributed by atoms with Crippen LogP contribution in [0.4, 0.5) is 0 Å². The standard InChI is InChI=1S/C27H43N3OS.2ClH/c1-2-3-4-11-30(12-8-27-17-22-14-23(18-27)16-24(15-22)19-27)26(31)25(28)20-32-13-7-21-5-9-29-10-6-21;;/h5-6,9-10,22-25H,2-4,7-8,11-20,28H2,1H3;2*1H/t22?,23?,24?,25-,27?;;/m0../s1. The molecule has 34 heavy (non-hydrogen) atoms. The van der Waals surface area contributed by atoms with Gasteiger partial charge in [-0.25, -0.2) is 0 Å². The Balaban J connectivity index is 0.00000204. The van der Waals surface area contributed by atoms with Crippen LogP contribution in [0, 0.1) is 23.2 Å². The molecule has 5 rings (SSSR count). The number of nitrogens with zero attached hydrogens (tertiary/aromatic N) is 2. The quantitative estimate of drug-likeness (QED) is 0.311. The molecule has 1 atom stereocenters. The van der Waals surface area contributed by atoms with Gasteiger partial charge in [-0.1, -0.05) is 19.8 Å². The van der Waals surface area contributed by atoms with Crippen LogP contribution in [0.3, 0.4) is 0 Å². The minimum Gasteiger partial charge on any atom is -0.341 e. The number of unbranched alkanes of at least 4 members (excludes halogenated alkanes) is 2. The van der Waals surface area contributed by atoms with Gasteiger partial charge in [-0.15, -0.1) is 24.8 Å². The Labute approximate surface area is 223 Å². The molecule has 1 aromatic rings. The zero-order valence-corrected chi connectivity index (χ0v) is 23.3. The number of hydrogen-bond donors (Lipinski definition) is 1. The second-order valence-corrected chi connectivity index (χ2v) is 12.1. The van der Waals surface area contributed by atoms with E-state index < -0.39 is 0 Å². The predicted octanol–water partition coefficient (Wildman–Crippen LogP) is 6.15. The third-order valence-corrected chi connectivity index (χ3v) is 9.41. The highest BCUT2D eigenvalue weighted by Gasteiger charge is 2.50. The Kier molecular flexibility index (Phi) is 12.5. The molecule has 1 amide bonds. The van der Waals surface area contributed by atoms with Crippen molar-refractivity contribution in [3.05, 3.63) is 30.1 Å². The number of halogens is 2. The van der Waals surface area contributed by atoms with Gasteiger partial charge in [0.25, 0.3) is 0 Å². The van der Waals surface area contributed by atoms with E-state index in [1.54, 1.807) is 11.8 Å². The topological polar surface area (TPSA) is 59.2 Å². The first kappa shape index (κ1) is 29.7. The van der Waals surface area contributed by atoms with E-state index in [4.69, 9.17) is 5.73 Å². The lowest BCUT2D eigenvalue weighted by Gasteiger charge is -2.57. The Bertz CT molecular complexity index is 701. The third-order valence-electron chi connectivity index (χ3n) is 8.32. The van der Waals surface area contributed by atoms with E-state index in [1.807, 2.05) is 12.4 Å². The molecule has 0 unspecified atom stereocenters. The van der Waals surface area contributed by atoms with Crippen molar-refractivity contribution in [3.63, 3.8) is 0 Å². The first-order chi connectivity index (χ1) is 15.6. The van der Waals surface area contributed by atoms with Crippen molar-refractivity contribution in [1.29, 1.82) is 0 Å². The van der Waals surface area contributed by atoms with Gasteiger partial charge in [0.15, 0.2) is 0 Å². The molecular weight excluding hydrogens is 485 g/mol. The van der Waals surface area contributed by atoms with Gasteiger partial charge in [-0.05, 0) is 104 Å². The van der Waals surface area contributed by atoms with Crippen LogP contribution in [-0.4, -0.2) is 46.4 Å². The average Bonchev–Trinajstić information content (AvgIpc) is 2.78. The molecular formula is C27H45Cl2N3OS. The molecule has 4 fully saturated rings. The molecule has 0 aromatic carbocycles. The number of carbonyl (C=O) groups is 1. The maximum absolute atomic E-state index is 13.3. The van der Waals surface area contributed by atoms with Gasteiger partial charge < -0.3 is 10.6 Å². The monoisotopic (exact) mass is 529 g/mol. The number of rotatable bonds is 13. The van der Waals surface area contributed by atoms with E-state index in [2.05, 4.69) is 28.9 Å². The highest BCUT2D eigenvalue weighted by atomic mass is 35.5. The molecule has 4 nitrogen and oxygen atoms in total. The molecule has 0 spiro atoms. The summed E-state index contributed by atoms with van der Waals surface area (Å²) in [7, 11) is 0. The summed E-state index contributed by atoms with van der Waals surface area (Å²) in [6.45, 7) is 4.03. The van der Waals surface area contributed by atoms with E-state index in [0.29, 0.717) is 11.2 Å². The van der Waals surface area contributed by atoms with Crippen LogP contribution in [0.25, 0.3) is 0 Å². The summed E-state index contributed by atoms with van der Waals surface area (Å²) in [6.07, 6.45) is 18.1. The molecule has 4 bridgehead atoms. The zero-order chi connectivity index (χ0) is 22.4. The lowest BCUT2D eigenvalue weighted by Crippen LogP contribution is -2.50. The summed E-state index contributed by atoms with van der Waals surface area (Å²) in [4.78, 5) is 19.5. The van der Waals surface area contributed by atoms with Crippen molar-refractivity contribution in [3.8, 4) is 0 Å². The molecule has 4 saturated carbocycles. The summed E-state index contributed by atoms with van der Waals surface area (Å²) in [5.74, 6) is 4.82. The van der Waals surface area contributed by atoms with Gasteiger partial charge in [0.05, 0.1) is 6.04 Å². The van der Waals surface area contributed by atoms with Crippen LogP contribution in [0.1, 0.15) is 76.7 Å². The van der Waals surface area contributed by atoms with E-state index in [9.17, 15) is 4.79 Å². The van der Waals surface area contributed by atoms with Crippen LogP contribution in [-0.2, 0) is 11.2 Å². The Morgan fingerprint density at radius 2 is 1.71 bits per heavy atom. The molecule has 4 aliphatic rings. The second-order valence-electron chi connectivity index (χ2n) is 11.0. The third kappa shape index (κ3) is 8.01. The molecule has 0 saturated heterocycles. The predicted molar refractivity (Wildman–Crippen MR) is 149 cm³/mol. The van der Waals surface area contributed by atoms with E-state index in [0.717, 1.165) is 49.4 Å². The number of hydrogen-bond acceptors (Lipinski definition) is 4.